The molecule has 0 atom stereocenters. The number of nitrogens with two attached hydrogens (primary N) is 1. The van der Waals surface area contributed by atoms with Crippen molar-refractivity contribution in [3.05, 3.63) is 71.8 Å². The van der Waals surface area contributed by atoms with E-state index in [1.54, 1.807) is 0 Å². The molecule has 3 heteroatoms. The van der Waals surface area contributed by atoms with Crippen molar-refractivity contribution in [3.63, 3.8) is 0 Å². The van der Waals surface area contributed by atoms with Crippen LogP contribution in [-0.2, 0) is 0 Å². The first-order valence-electron chi connectivity index (χ1n) is 6.80. The average molecular weight is 292 g/mol. The molecule has 0 radical (unpaired) electrons. The van der Waals surface area contributed by atoms with Crippen molar-refractivity contribution in [2.24, 2.45) is 5.73 Å². The molecule has 0 saturated heterocycles. The van der Waals surface area contributed by atoms with E-state index in [-0.39, 0.29) is 0 Å². The maximum atomic E-state index is 5.81. The number of rotatable bonds is 3. The Balaban J connectivity index is 2.12. The van der Waals surface area contributed by atoms with Crippen molar-refractivity contribution < 1.29 is 0 Å². The lowest BCUT2D eigenvalue weighted by atomic mass is 10.0. The molecule has 104 valence electrons. The Kier molecular flexibility index (Phi) is 3.59. The van der Waals surface area contributed by atoms with Crippen molar-refractivity contribution in [3.8, 4) is 0 Å². The Labute approximate surface area is 129 Å². The van der Waals surface area contributed by atoms with E-state index >= 15 is 0 Å². The molecular weight excluding hydrogens is 276 g/mol. The third-order valence-electron chi connectivity index (χ3n) is 3.49. The van der Waals surface area contributed by atoms with Crippen LogP contribution in [0.2, 0.25) is 0 Å². The van der Waals surface area contributed by atoms with Crippen LogP contribution < -0.4 is 11.1 Å². The minimum atomic E-state index is 0.424. The van der Waals surface area contributed by atoms with Crippen molar-refractivity contribution >= 4 is 39.4 Å². The van der Waals surface area contributed by atoms with Gasteiger partial charge in [-0.25, -0.2) is 0 Å². The van der Waals surface area contributed by atoms with Crippen molar-refractivity contribution in [1.29, 1.82) is 0 Å². The average Bonchev–Trinajstić information content (AvgIpc) is 2.47. The quantitative estimate of drug-likeness (QED) is 0.697. The molecule has 3 aromatic rings. The Morgan fingerprint density at radius 3 is 2.43 bits per heavy atom. The highest BCUT2D eigenvalue weighted by Crippen LogP contribution is 2.29. The first-order chi connectivity index (χ1) is 10.1. The summed E-state index contributed by atoms with van der Waals surface area (Å²) >= 11 is 5.14. The summed E-state index contributed by atoms with van der Waals surface area (Å²) in [5, 5.41) is 5.66. The fraction of sp³-hybridized carbons (Fsp3) is 0.0556. The summed E-state index contributed by atoms with van der Waals surface area (Å²) < 4.78 is 0. The van der Waals surface area contributed by atoms with Crippen LogP contribution in [0.1, 0.15) is 11.1 Å². The predicted octanol–water partition coefficient (Wildman–Crippen LogP) is 4.53. The Morgan fingerprint density at radius 1 is 0.952 bits per heavy atom. The number of thiocarbonyl (C=S) groups is 1. The highest BCUT2D eigenvalue weighted by Gasteiger charge is 2.07. The summed E-state index contributed by atoms with van der Waals surface area (Å²) in [4.78, 5) is 0.424. The van der Waals surface area contributed by atoms with E-state index < -0.39 is 0 Å². The third kappa shape index (κ3) is 2.73. The molecule has 0 aromatic heterocycles. The molecule has 0 amide bonds. The minimum Gasteiger partial charge on any atom is -0.389 e. The highest BCUT2D eigenvalue weighted by atomic mass is 32.1. The van der Waals surface area contributed by atoms with Gasteiger partial charge in [0.1, 0.15) is 4.99 Å². The van der Waals surface area contributed by atoms with Gasteiger partial charge in [0.15, 0.2) is 0 Å². The van der Waals surface area contributed by atoms with Gasteiger partial charge in [-0.15, -0.1) is 0 Å². The predicted molar refractivity (Wildman–Crippen MR) is 94.3 cm³/mol. The van der Waals surface area contributed by atoms with Crippen molar-refractivity contribution in [2.45, 2.75) is 6.92 Å². The second-order valence-corrected chi connectivity index (χ2v) is 5.50. The van der Waals surface area contributed by atoms with Gasteiger partial charge in [-0.1, -0.05) is 48.6 Å². The zero-order valence-electron chi connectivity index (χ0n) is 11.8. The zero-order chi connectivity index (χ0) is 14.8. The molecule has 0 heterocycles. The molecule has 0 fully saturated rings. The second kappa shape index (κ2) is 5.54. The fourth-order valence-corrected chi connectivity index (χ4v) is 2.68. The van der Waals surface area contributed by atoms with E-state index in [2.05, 4.69) is 36.5 Å². The topological polar surface area (TPSA) is 38.0 Å². The van der Waals surface area contributed by atoms with E-state index in [9.17, 15) is 0 Å². The minimum absolute atomic E-state index is 0.424. The molecule has 3 N–H and O–H groups in total. The monoisotopic (exact) mass is 292 g/mol. The number of aryl methyl sites for hydroxylation is 1. The van der Waals surface area contributed by atoms with Gasteiger partial charge < -0.3 is 11.1 Å². The molecule has 21 heavy (non-hydrogen) atoms. The molecule has 0 unspecified atom stereocenters. The molecule has 0 aliphatic carbocycles. The van der Waals surface area contributed by atoms with Crippen molar-refractivity contribution in [1.82, 2.24) is 0 Å². The normalized spacial score (nSPS) is 10.5. The van der Waals surface area contributed by atoms with Gasteiger partial charge in [0.05, 0.1) is 0 Å². The molecule has 2 nitrogen and oxygen atoms in total. The zero-order valence-corrected chi connectivity index (χ0v) is 12.6. The number of anilines is 2. The molecule has 3 aromatic carbocycles. The summed E-state index contributed by atoms with van der Waals surface area (Å²) in [7, 11) is 0. The second-order valence-electron chi connectivity index (χ2n) is 5.06. The van der Waals surface area contributed by atoms with Crippen LogP contribution in [0.5, 0.6) is 0 Å². The van der Waals surface area contributed by atoms with E-state index in [0.717, 1.165) is 27.7 Å². The first kappa shape index (κ1) is 13.6. The van der Waals surface area contributed by atoms with Gasteiger partial charge in [0.25, 0.3) is 0 Å². The number of benzene rings is 3. The van der Waals surface area contributed by atoms with E-state index in [4.69, 9.17) is 18.0 Å². The van der Waals surface area contributed by atoms with E-state index in [1.807, 2.05) is 36.4 Å². The largest absolute Gasteiger partial charge is 0.389 e. The van der Waals surface area contributed by atoms with Crippen LogP contribution in [-0.4, -0.2) is 4.99 Å². The van der Waals surface area contributed by atoms with Crippen LogP contribution in [0.3, 0.4) is 0 Å². The van der Waals surface area contributed by atoms with Gasteiger partial charge in [0, 0.05) is 22.3 Å². The van der Waals surface area contributed by atoms with Gasteiger partial charge >= 0.3 is 0 Å². The lowest BCUT2D eigenvalue weighted by Gasteiger charge is -2.13. The SMILES string of the molecule is Cc1cccc(Nc2ccc(C(N)=S)c3ccccc23)c1. The molecule has 0 bridgehead atoms. The van der Waals surface area contributed by atoms with Gasteiger partial charge in [-0.2, -0.15) is 0 Å². The van der Waals surface area contributed by atoms with Gasteiger partial charge in [0.2, 0.25) is 0 Å². The maximum absolute atomic E-state index is 5.81. The third-order valence-corrected chi connectivity index (χ3v) is 3.71. The molecule has 0 spiro atoms. The summed E-state index contributed by atoms with van der Waals surface area (Å²) in [6.45, 7) is 2.08. The van der Waals surface area contributed by atoms with Crippen LogP contribution in [0.15, 0.2) is 60.7 Å². The lowest BCUT2D eigenvalue weighted by Crippen LogP contribution is -2.10. The number of hydrogen-bond donors (Lipinski definition) is 2. The number of nitrogens with one attached hydrogen (secondary N) is 1. The highest BCUT2D eigenvalue weighted by molar-refractivity contribution is 7.80. The van der Waals surface area contributed by atoms with Gasteiger partial charge in [-0.3, -0.25) is 0 Å². The summed E-state index contributed by atoms with van der Waals surface area (Å²) in [5.41, 5.74) is 10.1. The molecule has 0 saturated carbocycles. The van der Waals surface area contributed by atoms with Crippen molar-refractivity contribution in [2.75, 3.05) is 5.32 Å². The van der Waals surface area contributed by atoms with Crippen LogP contribution in [0, 0.1) is 6.92 Å². The van der Waals surface area contributed by atoms with E-state index in [1.165, 1.54) is 5.56 Å². The lowest BCUT2D eigenvalue weighted by molar-refractivity contribution is 1.45. The summed E-state index contributed by atoms with van der Waals surface area (Å²) in [6.07, 6.45) is 0. The van der Waals surface area contributed by atoms with Crippen LogP contribution >= 0.6 is 12.2 Å². The molecular formula is C18H16N2S. The Hall–Kier alpha value is -2.39. The van der Waals surface area contributed by atoms with Gasteiger partial charge in [-0.05, 0) is 42.1 Å². The number of fused-ring (bicyclic) bond motifs is 1. The maximum Gasteiger partial charge on any atom is 0.104 e. The Morgan fingerprint density at radius 2 is 1.71 bits per heavy atom. The molecule has 0 aliphatic rings. The number of hydrogen-bond acceptors (Lipinski definition) is 2. The molecule has 0 aliphatic heterocycles. The van der Waals surface area contributed by atoms with Crippen LogP contribution in [0.25, 0.3) is 10.8 Å². The Bertz CT molecular complexity index is 824. The molecule has 3 rings (SSSR count). The summed E-state index contributed by atoms with van der Waals surface area (Å²) in [5.74, 6) is 0. The van der Waals surface area contributed by atoms with E-state index in [0.29, 0.717) is 4.99 Å². The first-order valence-corrected chi connectivity index (χ1v) is 7.21. The smallest absolute Gasteiger partial charge is 0.104 e. The van der Waals surface area contributed by atoms with Crippen LogP contribution in [0.4, 0.5) is 11.4 Å². The summed E-state index contributed by atoms with van der Waals surface area (Å²) in [6, 6.07) is 20.5. The fourth-order valence-electron chi connectivity index (χ4n) is 2.50. The standard InChI is InChI=1S/C18H16N2S/c1-12-5-4-6-13(11-12)20-17-10-9-16(18(19)21)14-7-2-3-8-15(14)17/h2-11,20H,1H3,(H2,19,21).